The molecule has 1 heterocycles. The molecule has 0 saturated carbocycles. The largest absolute Gasteiger partial charge is 0.444 e. The highest BCUT2D eigenvalue weighted by Crippen LogP contribution is 2.28. The predicted molar refractivity (Wildman–Crippen MR) is 77.7 cm³/mol. The molecule has 6 nitrogen and oxygen atoms in total. The molecule has 1 aromatic rings. The number of allylic oxidation sites excluding steroid dienone is 1. The lowest BCUT2D eigenvalue weighted by atomic mass is 10.2. The number of anilines is 1. The summed E-state index contributed by atoms with van der Waals surface area (Å²) >= 11 is 1.25. The van der Waals surface area contributed by atoms with E-state index in [1.54, 1.807) is 27.7 Å². The predicted octanol–water partition coefficient (Wildman–Crippen LogP) is 2.75. The summed E-state index contributed by atoms with van der Waals surface area (Å²) in [4.78, 5) is 15.9. The Morgan fingerprint density at radius 3 is 2.63 bits per heavy atom. The maximum absolute atomic E-state index is 11.7. The molecular weight excluding hydrogens is 264 g/mol. The summed E-state index contributed by atoms with van der Waals surface area (Å²) in [6.45, 7) is 7.15. The first-order valence-corrected chi connectivity index (χ1v) is 6.48. The number of aryl methyl sites for hydroxylation is 1. The number of hydrogen-bond donors (Lipinski definition) is 3. The van der Waals surface area contributed by atoms with Crippen LogP contribution in [0.15, 0.2) is 6.20 Å². The quantitative estimate of drug-likeness (QED) is 0.742. The number of rotatable bonds is 3. The summed E-state index contributed by atoms with van der Waals surface area (Å²) in [7, 11) is 0. The summed E-state index contributed by atoms with van der Waals surface area (Å²) in [5.41, 5.74) is 6.01. The first-order chi connectivity index (χ1) is 8.76. The van der Waals surface area contributed by atoms with Gasteiger partial charge in [0.25, 0.3) is 0 Å². The smallest absolute Gasteiger partial charge is 0.412 e. The number of carbonyl (C=O) groups excluding carboxylic acids is 1. The first kappa shape index (κ1) is 15.2. The fourth-order valence-electron chi connectivity index (χ4n) is 1.21. The lowest BCUT2D eigenvalue weighted by Crippen LogP contribution is -2.27. The van der Waals surface area contributed by atoms with Gasteiger partial charge in [0.1, 0.15) is 15.6 Å². The minimum atomic E-state index is -0.553. The number of nitrogens with two attached hydrogens (primary N) is 1. The lowest BCUT2D eigenvalue weighted by molar-refractivity contribution is 0.0636. The van der Waals surface area contributed by atoms with Gasteiger partial charge in [-0.1, -0.05) is 11.3 Å². The minimum absolute atomic E-state index is 0.505. The van der Waals surface area contributed by atoms with Crippen LogP contribution in [0.3, 0.4) is 0 Å². The van der Waals surface area contributed by atoms with Crippen LogP contribution in [-0.4, -0.2) is 22.9 Å². The molecule has 0 aliphatic heterocycles. The van der Waals surface area contributed by atoms with Gasteiger partial charge in [-0.15, -0.1) is 0 Å². The van der Waals surface area contributed by atoms with Crippen LogP contribution in [-0.2, 0) is 4.74 Å². The van der Waals surface area contributed by atoms with Gasteiger partial charge < -0.3 is 15.9 Å². The summed E-state index contributed by atoms with van der Waals surface area (Å²) in [5.74, 6) is 0. The Morgan fingerprint density at radius 2 is 2.16 bits per heavy atom. The number of carbonyl (C=O) groups is 1. The molecule has 1 rings (SSSR count). The van der Waals surface area contributed by atoms with Crippen molar-refractivity contribution in [3.05, 3.63) is 16.9 Å². The molecule has 4 N–H and O–H groups in total. The van der Waals surface area contributed by atoms with Crippen molar-refractivity contribution in [3.8, 4) is 0 Å². The number of hydrogen-bond acceptors (Lipinski definition) is 6. The second-order valence-electron chi connectivity index (χ2n) is 4.83. The molecule has 0 fully saturated rings. The summed E-state index contributed by atoms with van der Waals surface area (Å²) < 4.78 is 5.16. The third-order valence-corrected chi connectivity index (χ3v) is 3.12. The van der Waals surface area contributed by atoms with Crippen molar-refractivity contribution < 1.29 is 9.53 Å². The van der Waals surface area contributed by atoms with Gasteiger partial charge in [0, 0.05) is 18.0 Å². The van der Waals surface area contributed by atoms with Crippen molar-refractivity contribution in [1.29, 1.82) is 5.41 Å². The Kier molecular flexibility index (Phi) is 4.66. The zero-order valence-corrected chi connectivity index (χ0v) is 12.2. The van der Waals surface area contributed by atoms with E-state index in [1.165, 1.54) is 17.5 Å². The molecule has 7 heteroatoms. The van der Waals surface area contributed by atoms with Gasteiger partial charge >= 0.3 is 6.09 Å². The van der Waals surface area contributed by atoms with Crippen LogP contribution in [0.5, 0.6) is 0 Å². The molecule has 1 amide bonds. The fraction of sp³-hybridized carbons (Fsp3) is 0.417. The molecule has 0 radical (unpaired) electrons. The number of amides is 1. The maximum atomic E-state index is 11.7. The molecule has 19 heavy (non-hydrogen) atoms. The molecule has 0 aliphatic carbocycles. The molecule has 0 unspecified atom stereocenters. The highest BCUT2D eigenvalue weighted by atomic mass is 32.1. The normalized spacial score (nSPS) is 12.1. The monoisotopic (exact) mass is 282 g/mol. The van der Waals surface area contributed by atoms with Crippen LogP contribution in [0.1, 0.15) is 31.5 Å². The lowest BCUT2D eigenvalue weighted by Gasteiger charge is -2.19. The van der Waals surface area contributed by atoms with E-state index >= 15 is 0 Å². The molecular formula is C12H18N4O2S. The first-order valence-electron chi connectivity index (χ1n) is 5.67. The topological polar surface area (TPSA) is 101 Å². The standard InChI is InChI=1S/C12H18N4O2S/c1-7-9(16-11(17)18-12(2,3)4)19-10(15-7)8(5-13)6-14/h5-6,13H,14H2,1-4H3,(H,16,17)/b8-6+,13-5?. The zero-order chi connectivity index (χ0) is 14.6. The van der Waals surface area contributed by atoms with Gasteiger partial charge in [-0.3, -0.25) is 5.32 Å². The molecule has 0 aromatic carbocycles. The third kappa shape index (κ3) is 4.36. The number of thiazole rings is 1. The van der Waals surface area contributed by atoms with Crippen molar-refractivity contribution >= 4 is 34.2 Å². The van der Waals surface area contributed by atoms with E-state index in [-0.39, 0.29) is 0 Å². The van der Waals surface area contributed by atoms with Gasteiger partial charge in [-0.05, 0) is 27.7 Å². The van der Waals surface area contributed by atoms with Crippen LogP contribution >= 0.6 is 11.3 Å². The second-order valence-corrected chi connectivity index (χ2v) is 5.83. The molecule has 0 bridgehead atoms. The van der Waals surface area contributed by atoms with E-state index in [2.05, 4.69) is 10.3 Å². The second kappa shape index (κ2) is 5.83. The van der Waals surface area contributed by atoms with Crippen LogP contribution in [0.4, 0.5) is 9.80 Å². The van der Waals surface area contributed by atoms with E-state index < -0.39 is 11.7 Å². The third-order valence-electron chi connectivity index (χ3n) is 1.99. The van der Waals surface area contributed by atoms with Gasteiger partial charge in [0.05, 0.1) is 5.69 Å². The summed E-state index contributed by atoms with van der Waals surface area (Å²) in [5, 5.41) is 11.0. The highest BCUT2D eigenvalue weighted by molar-refractivity contribution is 7.17. The molecule has 104 valence electrons. The highest BCUT2D eigenvalue weighted by Gasteiger charge is 2.18. The Labute approximate surface area is 116 Å². The Balaban J connectivity index is 2.86. The van der Waals surface area contributed by atoms with E-state index in [9.17, 15) is 4.79 Å². The van der Waals surface area contributed by atoms with Crippen molar-refractivity contribution in [2.45, 2.75) is 33.3 Å². The van der Waals surface area contributed by atoms with Crippen LogP contribution in [0.25, 0.3) is 5.57 Å². The Bertz CT molecular complexity index is 514. The number of ether oxygens (including phenoxy) is 1. The molecule has 0 atom stereocenters. The van der Waals surface area contributed by atoms with E-state index in [4.69, 9.17) is 15.9 Å². The summed E-state index contributed by atoms with van der Waals surface area (Å²) in [6.07, 6.45) is 1.90. The van der Waals surface area contributed by atoms with E-state index in [0.29, 0.717) is 21.3 Å². The maximum Gasteiger partial charge on any atom is 0.412 e. The number of nitrogens with zero attached hydrogens (tertiary/aromatic N) is 1. The van der Waals surface area contributed by atoms with Crippen molar-refractivity contribution in [2.24, 2.45) is 5.73 Å². The molecule has 0 spiro atoms. The minimum Gasteiger partial charge on any atom is -0.444 e. The average Bonchev–Trinajstić information content (AvgIpc) is 2.59. The molecule has 0 saturated heterocycles. The number of nitrogens with one attached hydrogen (secondary N) is 2. The SMILES string of the molecule is Cc1nc(/C(C=N)=C/N)sc1NC(=O)OC(C)(C)C. The Morgan fingerprint density at radius 1 is 1.53 bits per heavy atom. The van der Waals surface area contributed by atoms with Crippen molar-refractivity contribution in [1.82, 2.24) is 4.98 Å². The van der Waals surface area contributed by atoms with Crippen LogP contribution in [0.2, 0.25) is 0 Å². The molecule has 1 aromatic heterocycles. The molecule has 0 aliphatic rings. The van der Waals surface area contributed by atoms with Crippen LogP contribution in [0, 0.1) is 12.3 Å². The van der Waals surface area contributed by atoms with Gasteiger partial charge in [-0.25, -0.2) is 9.78 Å². The van der Waals surface area contributed by atoms with Crippen molar-refractivity contribution in [2.75, 3.05) is 5.32 Å². The zero-order valence-electron chi connectivity index (χ0n) is 11.4. The van der Waals surface area contributed by atoms with E-state index in [0.717, 1.165) is 6.21 Å². The van der Waals surface area contributed by atoms with Crippen molar-refractivity contribution in [3.63, 3.8) is 0 Å². The van der Waals surface area contributed by atoms with Crippen LogP contribution < -0.4 is 11.1 Å². The fourth-order valence-corrected chi connectivity index (χ4v) is 2.16. The summed E-state index contributed by atoms with van der Waals surface area (Å²) in [6, 6.07) is 0. The van der Waals surface area contributed by atoms with Gasteiger partial charge in [0.2, 0.25) is 0 Å². The van der Waals surface area contributed by atoms with Gasteiger partial charge in [-0.2, -0.15) is 0 Å². The Hall–Kier alpha value is -1.89. The average molecular weight is 282 g/mol. The number of aromatic nitrogens is 1. The van der Waals surface area contributed by atoms with E-state index in [1.807, 2.05) is 0 Å². The van der Waals surface area contributed by atoms with Gasteiger partial charge in [0.15, 0.2) is 0 Å².